The lowest BCUT2D eigenvalue weighted by Crippen LogP contribution is -2.50. The van der Waals surface area contributed by atoms with Crippen LogP contribution in [0.25, 0.3) is 0 Å². The molecule has 5 nitrogen and oxygen atoms in total. The van der Waals surface area contributed by atoms with Crippen LogP contribution in [-0.2, 0) is 6.42 Å². The molecule has 1 saturated heterocycles. The van der Waals surface area contributed by atoms with E-state index in [2.05, 4.69) is 22.5 Å². The fourth-order valence-corrected chi connectivity index (χ4v) is 4.01. The third-order valence-electron chi connectivity index (χ3n) is 5.66. The Morgan fingerprint density at radius 2 is 1.88 bits per heavy atom. The Morgan fingerprint density at radius 3 is 2.54 bits per heavy atom. The fourth-order valence-electron chi connectivity index (χ4n) is 4.01. The highest BCUT2D eigenvalue weighted by Crippen LogP contribution is 2.18. The molecule has 26 heavy (non-hydrogen) atoms. The lowest BCUT2D eigenvalue weighted by Gasteiger charge is -2.33. The third-order valence-corrected chi connectivity index (χ3v) is 5.66. The van der Waals surface area contributed by atoms with Gasteiger partial charge >= 0.3 is 0 Å². The monoisotopic (exact) mass is 360 g/mol. The van der Waals surface area contributed by atoms with Gasteiger partial charge in [0.05, 0.1) is 6.26 Å². The molecule has 0 atom stereocenters. The minimum atomic E-state index is 0.546. The highest BCUT2D eigenvalue weighted by molar-refractivity contribution is 5.80. The molecule has 1 saturated carbocycles. The zero-order valence-corrected chi connectivity index (χ0v) is 16.4. The second kappa shape index (κ2) is 10.6. The van der Waals surface area contributed by atoms with E-state index in [4.69, 9.17) is 9.41 Å². The molecule has 2 heterocycles. The second-order valence-electron chi connectivity index (χ2n) is 7.80. The number of nitrogens with zero attached hydrogens (tertiary/aromatic N) is 2. The minimum Gasteiger partial charge on any atom is -0.469 e. The number of hydrogen-bond acceptors (Lipinski definition) is 3. The SMILES string of the molecule is CCCCN1CCC(NC(=NCCc2ccco2)NC2CCCC2)CC1. The van der Waals surface area contributed by atoms with E-state index in [9.17, 15) is 0 Å². The lowest BCUT2D eigenvalue weighted by molar-refractivity contribution is 0.203. The van der Waals surface area contributed by atoms with E-state index < -0.39 is 0 Å². The predicted octanol–water partition coefficient (Wildman–Crippen LogP) is 3.56. The number of nitrogens with one attached hydrogen (secondary N) is 2. The summed E-state index contributed by atoms with van der Waals surface area (Å²) in [7, 11) is 0. The number of furan rings is 1. The zero-order chi connectivity index (χ0) is 18.0. The number of rotatable bonds is 8. The van der Waals surface area contributed by atoms with E-state index in [-0.39, 0.29) is 0 Å². The normalized spacial score (nSPS) is 20.6. The zero-order valence-electron chi connectivity index (χ0n) is 16.4. The molecule has 0 amide bonds. The smallest absolute Gasteiger partial charge is 0.191 e. The molecule has 0 radical (unpaired) electrons. The van der Waals surface area contributed by atoms with Gasteiger partial charge in [-0.3, -0.25) is 4.99 Å². The van der Waals surface area contributed by atoms with Gasteiger partial charge in [0.1, 0.15) is 5.76 Å². The van der Waals surface area contributed by atoms with Crippen molar-refractivity contribution < 1.29 is 4.42 Å². The van der Waals surface area contributed by atoms with Gasteiger partial charge < -0.3 is 20.0 Å². The molecule has 2 fully saturated rings. The van der Waals surface area contributed by atoms with Crippen LogP contribution in [0.4, 0.5) is 0 Å². The molecule has 0 spiro atoms. The summed E-state index contributed by atoms with van der Waals surface area (Å²) in [5, 5.41) is 7.40. The highest BCUT2D eigenvalue weighted by atomic mass is 16.3. The summed E-state index contributed by atoms with van der Waals surface area (Å²) in [5.74, 6) is 2.02. The Bertz CT molecular complexity index is 514. The van der Waals surface area contributed by atoms with Crippen LogP contribution in [0.15, 0.2) is 27.8 Å². The molecule has 1 aliphatic heterocycles. The van der Waals surface area contributed by atoms with E-state index in [1.54, 1.807) is 6.26 Å². The molecule has 0 unspecified atom stereocenters. The first-order chi connectivity index (χ1) is 12.8. The summed E-state index contributed by atoms with van der Waals surface area (Å²) < 4.78 is 5.43. The molecular weight excluding hydrogens is 324 g/mol. The summed E-state index contributed by atoms with van der Waals surface area (Å²) in [6.07, 6.45) is 12.9. The molecule has 0 bridgehead atoms. The van der Waals surface area contributed by atoms with Crippen LogP contribution < -0.4 is 10.6 Å². The number of aliphatic imine (C=N–C) groups is 1. The summed E-state index contributed by atoms with van der Waals surface area (Å²) >= 11 is 0. The number of hydrogen-bond donors (Lipinski definition) is 2. The van der Waals surface area contributed by atoms with Crippen molar-refractivity contribution in [3.8, 4) is 0 Å². The number of guanidine groups is 1. The van der Waals surface area contributed by atoms with Crippen molar-refractivity contribution in [2.75, 3.05) is 26.2 Å². The Morgan fingerprint density at radius 1 is 1.15 bits per heavy atom. The molecule has 1 aromatic heterocycles. The van der Waals surface area contributed by atoms with E-state index in [1.165, 1.54) is 71.0 Å². The number of piperidine rings is 1. The van der Waals surface area contributed by atoms with Gasteiger partial charge in [-0.15, -0.1) is 0 Å². The topological polar surface area (TPSA) is 52.8 Å². The molecule has 146 valence electrons. The molecule has 5 heteroatoms. The summed E-state index contributed by atoms with van der Waals surface area (Å²) in [6.45, 7) is 6.72. The van der Waals surface area contributed by atoms with Crippen LogP contribution in [0.3, 0.4) is 0 Å². The van der Waals surface area contributed by atoms with E-state index in [1.807, 2.05) is 12.1 Å². The van der Waals surface area contributed by atoms with E-state index >= 15 is 0 Å². The van der Waals surface area contributed by atoms with Gasteiger partial charge in [0.25, 0.3) is 0 Å². The summed E-state index contributed by atoms with van der Waals surface area (Å²) in [4.78, 5) is 7.46. The Kier molecular flexibility index (Phi) is 7.87. The minimum absolute atomic E-state index is 0.546. The summed E-state index contributed by atoms with van der Waals surface area (Å²) in [5.41, 5.74) is 0. The number of unbranched alkanes of at least 4 members (excludes halogenated alkanes) is 1. The van der Waals surface area contributed by atoms with Gasteiger partial charge in [0.2, 0.25) is 0 Å². The van der Waals surface area contributed by atoms with Crippen molar-refractivity contribution in [2.24, 2.45) is 4.99 Å². The van der Waals surface area contributed by atoms with Crippen LogP contribution in [0.5, 0.6) is 0 Å². The van der Waals surface area contributed by atoms with Gasteiger partial charge in [-0.25, -0.2) is 0 Å². The highest BCUT2D eigenvalue weighted by Gasteiger charge is 2.21. The average molecular weight is 361 g/mol. The fraction of sp³-hybridized carbons (Fsp3) is 0.762. The van der Waals surface area contributed by atoms with Gasteiger partial charge in [0, 0.05) is 38.1 Å². The molecular formula is C21H36N4O. The van der Waals surface area contributed by atoms with Crippen molar-refractivity contribution in [3.63, 3.8) is 0 Å². The number of likely N-dealkylation sites (tertiary alicyclic amines) is 1. The van der Waals surface area contributed by atoms with Crippen molar-refractivity contribution in [1.82, 2.24) is 15.5 Å². The van der Waals surface area contributed by atoms with E-state index in [0.29, 0.717) is 12.1 Å². The molecule has 2 aliphatic rings. The maximum Gasteiger partial charge on any atom is 0.191 e. The first-order valence-electron chi connectivity index (χ1n) is 10.7. The average Bonchev–Trinajstić information content (AvgIpc) is 3.35. The molecule has 1 aliphatic carbocycles. The maximum absolute atomic E-state index is 5.43. The summed E-state index contributed by atoms with van der Waals surface area (Å²) in [6, 6.07) is 5.11. The van der Waals surface area contributed by atoms with Gasteiger partial charge in [-0.1, -0.05) is 26.2 Å². The first kappa shape index (κ1) is 19.3. The standard InChI is InChI=1S/C21H36N4O/c1-2-3-14-25-15-11-19(12-16-25)24-21(23-18-7-4-5-8-18)22-13-10-20-9-6-17-26-20/h6,9,17-19H,2-5,7-8,10-16H2,1H3,(H2,22,23,24). The Labute approximate surface area is 158 Å². The molecule has 3 rings (SSSR count). The van der Waals surface area contributed by atoms with Crippen LogP contribution in [0, 0.1) is 0 Å². The van der Waals surface area contributed by atoms with E-state index in [0.717, 1.165) is 24.7 Å². The van der Waals surface area contributed by atoms with Crippen molar-refractivity contribution in [3.05, 3.63) is 24.2 Å². The second-order valence-corrected chi connectivity index (χ2v) is 7.80. The van der Waals surface area contributed by atoms with Gasteiger partial charge in [0.15, 0.2) is 5.96 Å². The third kappa shape index (κ3) is 6.35. The van der Waals surface area contributed by atoms with Crippen molar-refractivity contribution in [2.45, 2.75) is 76.8 Å². The Hall–Kier alpha value is -1.49. The largest absolute Gasteiger partial charge is 0.469 e. The first-order valence-corrected chi connectivity index (χ1v) is 10.7. The quantitative estimate of drug-likeness (QED) is 0.550. The van der Waals surface area contributed by atoms with Crippen molar-refractivity contribution in [1.29, 1.82) is 0 Å². The Balaban J connectivity index is 1.48. The maximum atomic E-state index is 5.43. The van der Waals surface area contributed by atoms with Gasteiger partial charge in [-0.2, -0.15) is 0 Å². The molecule has 1 aromatic rings. The van der Waals surface area contributed by atoms with Crippen LogP contribution >= 0.6 is 0 Å². The van der Waals surface area contributed by atoms with Crippen LogP contribution in [0.2, 0.25) is 0 Å². The molecule has 2 N–H and O–H groups in total. The predicted molar refractivity (Wildman–Crippen MR) is 108 cm³/mol. The van der Waals surface area contributed by atoms with Crippen LogP contribution in [-0.4, -0.2) is 49.1 Å². The van der Waals surface area contributed by atoms with Crippen molar-refractivity contribution >= 4 is 5.96 Å². The molecule has 0 aromatic carbocycles. The van der Waals surface area contributed by atoms with Gasteiger partial charge in [-0.05, 0) is 50.8 Å². The van der Waals surface area contributed by atoms with Crippen LogP contribution in [0.1, 0.15) is 64.1 Å². The lowest BCUT2D eigenvalue weighted by atomic mass is 10.0.